The lowest BCUT2D eigenvalue weighted by Gasteiger charge is -2.06. The maximum Gasteiger partial charge on any atom is 0.172 e. The predicted molar refractivity (Wildman–Crippen MR) is 74.8 cm³/mol. The molecule has 1 heterocycles. The Labute approximate surface area is 118 Å². The molecule has 0 radical (unpaired) electrons. The number of ether oxygens (including phenoxy) is 1. The molecular weight excluding hydrogens is 312 g/mol. The summed E-state index contributed by atoms with van der Waals surface area (Å²) in [4.78, 5) is 0. The van der Waals surface area contributed by atoms with Gasteiger partial charge in [0.2, 0.25) is 0 Å². The second kappa shape index (κ2) is 5.40. The molecule has 19 heavy (non-hydrogen) atoms. The molecule has 0 atom stereocenters. The number of phenolic OH excluding ortho intramolecular Hbond substituents is 1. The van der Waals surface area contributed by atoms with Crippen molar-refractivity contribution in [1.29, 1.82) is 0 Å². The highest BCUT2D eigenvalue weighted by Gasteiger charge is 2.08. The first kappa shape index (κ1) is 13.5. The van der Waals surface area contributed by atoms with Crippen molar-refractivity contribution in [2.24, 2.45) is 5.10 Å². The SMILES string of the molecule is COc1cc(/C=N\n2c(C)nnc2C)cc(Br)c1O. The van der Waals surface area contributed by atoms with E-state index in [4.69, 9.17) is 4.74 Å². The van der Waals surface area contributed by atoms with Gasteiger partial charge < -0.3 is 9.84 Å². The van der Waals surface area contributed by atoms with Crippen LogP contribution in [0.5, 0.6) is 11.5 Å². The predicted octanol–water partition coefficient (Wildman–Crippen LogP) is 2.25. The number of benzene rings is 1. The Bertz CT molecular complexity index is 617. The molecule has 0 saturated carbocycles. The third kappa shape index (κ3) is 2.76. The smallest absolute Gasteiger partial charge is 0.172 e. The number of aryl methyl sites for hydroxylation is 2. The van der Waals surface area contributed by atoms with E-state index in [0.29, 0.717) is 21.9 Å². The summed E-state index contributed by atoms with van der Waals surface area (Å²) < 4.78 is 7.26. The zero-order chi connectivity index (χ0) is 14.0. The minimum atomic E-state index is 0.0660. The summed E-state index contributed by atoms with van der Waals surface area (Å²) in [5.74, 6) is 1.86. The Kier molecular flexibility index (Phi) is 3.84. The molecule has 7 heteroatoms. The second-order valence-corrected chi connectivity index (χ2v) is 4.76. The maximum absolute atomic E-state index is 9.72. The quantitative estimate of drug-likeness (QED) is 0.879. The first-order valence-corrected chi connectivity index (χ1v) is 6.31. The molecule has 0 bridgehead atoms. The number of hydrogen-bond acceptors (Lipinski definition) is 5. The van der Waals surface area contributed by atoms with Crippen LogP contribution in [-0.4, -0.2) is 33.3 Å². The van der Waals surface area contributed by atoms with Crippen LogP contribution < -0.4 is 4.74 Å². The first-order chi connectivity index (χ1) is 9.02. The fraction of sp³-hybridized carbons (Fsp3) is 0.250. The molecule has 1 aromatic heterocycles. The molecule has 0 amide bonds. The fourth-order valence-corrected chi connectivity index (χ4v) is 2.04. The van der Waals surface area contributed by atoms with Crippen molar-refractivity contribution in [2.75, 3.05) is 7.11 Å². The topological polar surface area (TPSA) is 72.5 Å². The standard InChI is InChI=1S/C12H13BrN4O2/c1-7-15-16-8(2)17(7)14-6-9-4-10(13)12(18)11(5-9)19-3/h4-6,18H,1-3H3/b14-6-. The molecule has 1 N–H and O–H groups in total. The lowest BCUT2D eigenvalue weighted by molar-refractivity contribution is 0.372. The number of aromatic nitrogens is 3. The van der Waals surface area contributed by atoms with E-state index in [-0.39, 0.29) is 5.75 Å². The third-order valence-corrected chi connectivity index (χ3v) is 3.15. The average molecular weight is 325 g/mol. The van der Waals surface area contributed by atoms with Crippen molar-refractivity contribution >= 4 is 22.1 Å². The second-order valence-electron chi connectivity index (χ2n) is 3.90. The normalized spacial score (nSPS) is 11.2. The zero-order valence-corrected chi connectivity index (χ0v) is 12.3. The molecule has 0 aliphatic carbocycles. The lowest BCUT2D eigenvalue weighted by Crippen LogP contribution is -1.96. The van der Waals surface area contributed by atoms with Crippen molar-refractivity contribution in [3.05, 3.63) is 33.8 Å². The molecule has 0 fully saturated rings. The summed E-state index contributed by atoms with van der Waals surface area (Å²) in [6.45, 7) is 3.65. The van der Waals surface area contributed by atoms with Gasteiger partial charge in [-0.2, -0.15) is 5.10 Å². The van der Waals surface area contributed by atoms with Crippen molar-refractivity contribution in [3.8, 4) is 11.5 Å². The van der Waals surface area contributed by atoms with E-state index in [1.807, 2.05) is 13.8 Å². The van der Waals surface area contributed by atoms with Crippen LogP contribution in [0.2, 0.25) is 0 Å². The Hall–Kier alpha value is -1.89. The summed E-state index contributed by atoms with van der Waals surface area (Å²) in [6, 6.07) is 3.44. The van der Waals surface area contributed by atoms with Crippen LogP contribution in [-0.2, 0) is 0 Å². The van der Waals surface area contributed by atoms with Gasteiger partial charge in [-0.15, -0.1) is 10.2 Å². The number of methoxy groups -OCH3 is 1. The van der Waals surface area contributed by atoms with Crippen molar-refractivity contribution in [3.63, 3.8) is 0 Å². The van der Waals surface area contributed by atoms with Gasteiger partial charge in [0.25, 0.3) is 0 Å². The van der Waals surface area contributed by atoms with Gasteiger partial charge in [-0.25, -0.2) is 4.68 Å². The van der Waals surface area contributed by atoms with E-state index in [1.165, 1.54) is 7.11 Å². The van der Waals surface area contributed by atoms with E-state index in [1.54, 1.807) is 23.0 Å². The molecule has 2 aromatic rings. The van der Waals surface area contributed by atoms with E-state index >= 15 is 0 Å². The van der Waals surface area contributed by atoms with Crippen molar-refractivity contribution in [2.45, 2.75) is 13.8 Å². The monoisotopic (exact) mass is 324 g/mol. The van der Waals surface area contributed by atoms with Gasteiger partial charge in [0.1, 0.15) is 0 Å². The van der Waals surface area contributed by atoms with Crippen LogP contribution in [0, 0.1) is 13.8 Å². The van der Waals surface area contributed by atoms with Gasteiger partial charge >= 0.3 is 0 Å². The van der Waals surface area contributed by atoms with Crippen LogP contribution in [0.3, 0.4) is 0 Å². The highest BCUT2D eigenvalue weighted by Crippen LogP contribution is 2.34. The van der Waals surface area contributed by atoms with Gasteiger partial charge in [0.15, 0.2) is 23.1 Å². The molecule has 2 rings (SSSR count). The lowest BCUT2D eigenvalue weighted by atomic mass is 10.2. The zero-order valence-electron chi connectivity index (χ0n) is 10.8. The number of phenols is 1. The number of nitrogens with zero attached hydrogens (tertiary/aromatic N) is 4. The van der Waals surface area contributed by atoms with Crippen molar-refractivity contribution < 1.29 is 9.84 Å². The van der Waals surface area contributed by atoms with Crippen LogP contribution in [0.25, 0.3) is 0 Å². The first-order valence-electron chi connectivity index (χ1n) is 5.52. The van der Waals surface area contributed by atoms with Crippen LogP contribution >= 0.6 is 15.9 Å². The molecular formula is C12H13BrN4O2. The Morgan fingerprint density at radius 3 is 2.53 bits per heavy atom. The minimum Gasteiger partial charge on any atom is -0.503 e. The maximum atomic E-state index is 9.72. The van der Waals surface area contributed by atoms with Crippen LogP contribution in [0.15, 0.2) is 21.7 Å². The number of aromatic hydroxyl groups is 1. The van der Waals surface area contributed by atoms with E-state index in [0.717, 1.165) is 5.56 Å². The van der Waals surface area contributed by atoms with Gasteiger partial charge in [-0.05, 0) is 47.5 Å². The summed E-state index contributed by atoms with van der Waals surface area (Å²) in [7, 11) is 1.50. The van der Waals surface area contributed by atoms with E-state index in [2.05, 4.69) is 31.2 Å². The molecule has 0 aliphatic heterocycles. The van der Waals surface area contributed by atoms with E-state index in [9.17, 15) is 5.11 Å². The molecule has 0 saturated heterocycles. The molecule has 1 aromatic carbocycles. The van der Waals surface area contributed by atoms with E-state index < -0.39 is 0 Å². The number of rotatable bonds is 3. The summed E-state index contributed by atoms with van der Waals surface area (Å²) in [6.07, 6.45) is 1.65. The van der Waals surface area contributed by atoms with Crippen LogP contribution in [0.4, 0.5) is 0 Å². The van der Waals surface area contributed by atoms with Crippen LogP contribution in [0.1, 0.15) is 17.2 Å². The van der Waals surface area contributed by atoms with Gasteiger partial charge in [0.05, 0.1) is 17.8 Å². The number of halogens is 1. The van der Waals surface area contributed by atoms with Gasteiger partial charge in [-0.1, -0.05) is 0 Å². The minimum absolute atomic E-state index is 0.0660. The Morgan fingerprint density at radius 1 is 1.32 bits per heavy atom. The average Bonchev–Trinajstić information content (AvgIpc) is 2.70. The van der Waals surface area contributed by atoms with Crippen molar-refractivity contribution in [1.82, 2.24) is 14.9 Å². The Morgan fingerprint density at radius 2 is 1.95 bits per heavy atom. The largest absolute Gasteiger partial charge is 0.503 e. The number of hydrogen-bond donors (Lipinski definition) is 1. The molecule has 0 spiro atoms. The Balaban J connectivity index is 2.36. The van der Waals surface area contributed by atoms with Gasteiger partial charge in [0, 0.05) is 0 Å². The fourth-order valence-electron chi connectivity index (χ4n) is 1.58. The highest BCUT2D eigenvalue weighted by molar-refractivity contribution is 9.10. The summed E-state index contributed by atoms with van der Waals surface area (Å²) >= 11 is 3.26. The summed E-state index contributed by atoms with van der Waals surface area (Å²) in [5.41, 5.74) is 0.786. The van der Waals surface area contributed by atoms with Gasteiger partial charge in [-0.3, -0.25) is 0 Å². The molecule has 6 nitrogen and oxygen atoms in total. The third-order valence-electron chi connectivity index (χ3n) is 2.55. The highest BCUT2D eigenvalue weighted by atomic mass is 79.9. The molecule has 100 valence electrons. The molecule has 0 aliphatic rings. The molecule has 0 unspecified atom stereocenters. The summed E-state index contributed by atoms with van der Waals surface area (Å²) in [5, 5.41) is 21.8.